The molecule has 0 amide bonds. The van der Waals surface area contributed by atoms with Crippen LogP contribution in [0.15, 0.2) is 10.7 Å². The zero-order valence-corrected chi connectivity index (χ0v) is 13.9. The van der Waals surface area contributed by atoms with Crippen molar-refractivity contribution < 1.29 is 4.74 Å². The lowest BCUT2D eigenvalue weighted by molar-refractivity contribution is 0.0486. The molecule has 0 saturated carbocycles. The summed E-state index contributed by atoms with van der Waals surface area (Å²) in [5, 5.41) is 4.43. The second kappa shape index (κ2) is 5.54. The molecule has 0 bridgehead atoms. The molecule has 0 spiro atoms. The predicted octanol–water partition coefficient (Wildman–Crippen LogP) is 3.29. The molecule has 2 rings (SSSR count). The Hall–Kier alpha value is -0.390. The zero-order valence-electron chi connectivity index (χ0n) is 12.3. The summed E-state index contributed by atoms with van der Waals surface area (Å²) in [6.07, 6.45) is 2.28. The Morgan fingerprint density at radius 1 is 1.32 bits per heavy atom. The maximum absolute atomic E-state index is 6.56. The van der Waals surface area contributed by atoms with Crippen molar-refractivity contribution in [2.45, 2.75) is 58.9 Å². The third-order valence-electron chi connectivity index (χ3n) is 4.33. The van der Waals surface area contributed by atoms with Crippen molar-refractivity contribution in [2.24, 2.45) is 17.6 Å². The largest absolute Gasteiger partial charge is 0.375 e. The molecule has 1 aromatic heterocycles. The van der Waals surface area contributed by atoms with E-state index in [-0.39, 0.29) is 18.2 Å². The molecule has 1 aliphatic rings. The van der Waals surface area contributed by atoms with Gasteiger partial charge in [-0.25, -0.2) is 0 Å². The van der Waals surface area contributed by atoms with Gasteiger partial charge in [0, 0.05) is 12.0 Å². The highest BCUT2D eigenvalue weighted by atomic mass is 79.9. The number of nitrogens with two attached hydrogens (primary N) is 1. The van der Waals surface area contributed by atoms with Gasteiger partial charge in [-0.15, -0.1) is 0 Å². The highest BCUT2D eigenvalue weighted by Crippen LogP contribution is 2.41. The summed E-state index contributed by atoms with van der Waals surface area (Å²) < 4.78 is 8.92. The van der Waals surface area contributed by atoms with E-state index < -0.39 is 0 Å². The van der Waals surface area contributed by atoms with Gasteiger partial charge in [0.25, 0.3) is 0 Å². The summed E-state index contributed by atoms with van der Waals surface area (Å²) in [4.78, 5) is 0. The molecule has 0 aliphatic carbocycles. The Morgan fingerprint density at radius 3 is 2.42 bits per heavy atom. The van der Waals surface area contributed by atoms with Crippen LogP contribution in [0.1, 0.15) is 52.4 Å². The fraction of sp³-hybridized carbons (Fsp3) is 0.786. The molecular formula is C14H24BrN3O. The quantitative estimate of drug-likeness (QED) is 0.925. The number of hydrogen-bond donors (Lipinski definition) is 1. The van der Waals surface area contributed by atoms with Crippen LogP contribution in [0.3, 0.4) is 0 Å². The lowest BCUT2D eigenvalue weighted by Crippen LogP contribution is -2.33. The maximum atomic E-state index is 6.56. The molecule has 0 radical (unpaired) electrons. The summed E-state index contributed by atoms with van der Waals surface area (Å²) in [6, 6.07) is 0.243. The van der Waals surface area contributed by atoms with Crippen LogP contribution in [0.4, 0.5) is 0 Å². The summed E-state index contributed by atoms with van der Waals surface area (Å²) in [6.45, 7) is 10.7. The second-order valence-electron chi connectivity index (χ2n) is 5.92. The molecule has 1 saturated heterocycles. The van der Waals surface area contributed by atoms with Gasteiger partial charge in [-0.3, -0.25) is 4.68 Å². The minimum absolute atomic E-state index is 0.0609. The summed E-state index contributed by atoms with van der Waals surface area (Å²) in [5.74, 6) is 0.771. The molecule has 1 aromatic rings. The van der Waals surface area contributed by atoms with Crippen molar-refractivity contribution in [2.75, 3.05) is 0 Å². The van der Waals surface area contributed by atoms with Crippen molar-refractivity contribution in [3.63, 3.8) is 0 Å². The van der Waals surface area contributed by atoms with Gasteiger partial charge in [-0.05, 0) is 49.5 Å². The van der Waals surface area contributed by atoms with Crippen molar-refractivity contribution in [3.05, 3.63) is 16.4 Å². The first-order chi connectivity index (χ1) is 8.84. The number of hydrogen-bond acceptors (Lipinski definition) is 3. The molecule has 0 aromatic carbocycles. The molecule has 5 unspecified atom stereocenters. The molecule has 1 fully saturated rings. The third kappa shape index (κ3) is 2.60. The van der Waals surface area contributed by atoms with E-state index in [4.69, 9.17) is 10.5 Å². The standard InChI is InChI=1S/C14H24BrN3O/c1-7(2)18-14(11(15)6-17-18)13(16)12-8(3)9(4)19-10(12)5/h6-10,12-13H,16H2,1-5H3. The lowest BCUT2D eigenvalue weighted by Gasteiger charge is -2.27. The zero-order chi connectivity index (χ0) is 14.3. The summed E-state index contributed by atoms with van der Waals surface area (Å²) in [7, 11) is 0. The molecule has 4 nitrogen and oxygen atoms in total. The normalized spacial score (nSPS) is 33.1. The van der Waals surface area contributed by atoms with Crippen LogP contribution >= 0.6 is 15.9 Å². The van der Waals surface area contributed by atoms with E-state index in [0.29, 0.717) is 17.9 Å². The van der Waals surface area contributed by atoms with Gasteiger partial charge < -0.3 is 10.5 Å². The average Bonchev–Trinajstić information content (AvgIpc) is 2.81. The van der Waals surface area contributed by atoms with E-state index in [2.05, 4.69) is 55.6 Å². The van der Waals surface area contributed by atoms with Gasteiger partial charge in [-0.1, -0.05) is 6.92 Å². The molecule has 2 heterocycles. The molecule has 2 N–H and O–H groups in total. The van der Waals surface area contributed by atoms with E-state index in [1.807, 2.05) is 10.9 Å². The van der Waals surface area contributed by atoms with Crippen LogP contribution in [-0.4, -0.2) is 22.0 Å². The van der Waals surface area contributed by atoms with Crippen LogP contribution in [0.25, 0.3) is 0 Å². The van der Waals surface area contributed by atoms with Gasteiger partial charge >= 0.3 is 0 Å². The van der Waals surface area contributed by atoms with Gasteiger partial charge in [0.1, 0.15) is 0 Å². The predicted molar refractivity (Wildman–Crippen MR) is 79.9 cm³/mol. The first-order valence-electron chi connectivity index (χ1n) is 6.98. The first-order valence-corrected chi connectivity index (χ1v) is 7.77. The van der Waals surface area contributed by atoms with Crippen molar-refractivity contribution in [3.8, 4) is 0 Å². The van der Waals surface area contributed by atoms with E-state index in [9.17, 15) is 0 Å². The van der Waals surface area contributed by atoms with Crippen LogP contribution in [-0.2, 0) is 4.74 Å². The van der Waals surface area contributed by atoms with Crippen LogP contribution in [0.5, 0.6) is 0 Å². The fourth-order valence-electron chi connectivity index (χ4n) is 3.17. The van der Waals surface area contributed by atoms with Gasteiger partial charge in [0.15, 0.2) is 0 Å². The molecule has 5 atom stereocenters. The Kier molecular flexibility index (Phi) is 4.38. The van der Waals surface area contributed by atoms with E-state index >= 15 is 0 Å². The topological polar surface area (TPSA) is 53.1 Å². The minimum atomic E-state index is -0.0609. The molecule has 19 heavy (non-hydrogen) atoms. The highest BCUT2D eigenvalue weighted by molar-refractivity contribution is 9.10. The van der Waals surface area contributed by atoms with E-state index in [1.54, 1.807) is 0 Å². The van der Waals surface area contributed by atoms with Crippen molar-refractivity contribution in [1.29, 1.82) is 0 Å². The molecule has 1 aliphatic heterocycles. The number of nitrogens with zero attached hydrogens (tertiary/aromatic N) is 2. The van der Waals surface area contributed by atoms with Crippen molar-refractivity contribution >= 4 is 15.9 Å². The summed E-state index contributed by atoms with van der Waals surface area (Å²) in [5.41, 5.74) is 7.64. The number of aromatic nitrogens is 2. The SMILES string of the molecule is CC1OC(C)C(C(N)c2c(Br)cnn2C(C)C)C1C. The molecular weight excluding hydrogens is 306 g/mol. The Labute approximate surface area is 123 Å². The molecule has 5 heteroatoms. The number of rotatable bonds is 3. The Bertz CT molecular complexity index is 446. The Morgan fingerprint density at radius 2 is 1.95 bits per heavy atom. The summed E-state index contributed by atoms with van der Waals surface area (Å²) >= 11 is 3.58. The fourth-order valence-corrected chi connectivity index (χ4v) is 3.71. The number of ether oxygens (including phenoxy) is 1. The lowest BCUT2D eigenvalue weighted by atomic mass is 9.82. The van der Waals surface area contributed by atoms with E-state index in [1.165, 1.54) is 0 Å². The Balaban J connectivity index is 2.34. The monoisotopic (exact) mass is 329 g/mol. The second-order valence-corrected chi connectivity index (χ2v) is 6.78. The van der Waals surface area contributed by atoms with E-state index in [0.717, 1.165) is 10.2 Å². The van der Waals surface area contributed by atoms with Gasteiger partial charge in [0.05, 0.1) is 34.6 Å². The van der Waals surface area contributed by atoms with Crippen molar-refractivity contribution in [1.82, 2.24) is 9.78 Å². The highest BCUT2D eigenvalue weighted by Gasteiger charge is 2.42. The van der Waals surface area contributed by atoms with Gasteiger partial charge in [0.2, 0.25) is 0 Å². The minimum Gasteiger partial charge on any atom is -0.375 e. The van der Waals surface area contributed by atoms with Gasteiger partial charge in [-0.2, -0.15) is 5.10 Å². The third-order valence-corrected chi connectivity index (χ3v) is 4.94. The van der Waals surface area contributed by atoms with Crippen LogP contribution in [0.2, 0.25) is 0 Å². The van der Waals surface area contributed by atoms with Crippen LogP contribution < -0.4 is 5.73 Å². The average molecular weight is 330 g/mol. The van der Waals surface area contributed by atoms with Crippen LogP contribution in [0, 0.1) is 11.8 Å². The maximum Gasteiger partial charge on any atom is 0.0700 e. The first kappa shape index (κ1) is 15.0. The molecule has 108 valence electrons. The number of halogens is 1. The smallest absolute Gasteiger partial charge is 0.0700 e.